The number of thioether (sulfide) groups is 1. The van der Waals surface area contributed by atoms with Crippen LogP contribution in [0.2, 0.25) is 0 Å². The van der Waals surface area contributed by atoms with Crippen molar-refractivity contribution in [1.82, 2.24) is 10.2 Å². The average Bonchev–Trinajstić information content (AvgIpc) is 3.43. The van der Waals surface area contributed by atoms with E-state index in [-0.39, 0.29) is 23.8 Å². The number of nitrogens with one attached hydrogen (secondary N) is 1. The molecule has 8 nitrogen and oxygen atoms in total. The summed E-state index contributed by atoms with van der Waals surface area (Å²) >= 11 is 7.28. The Labute approximate surface area is 196 Å². The first kappa shape index (κ1) is 21.5. The smallest absolute Gasteiger partial charge is 0.414 e. The van der Waals surface area contributed by atoms with Gasteiger partial charge >= 0.3 is 6.09 Å². The van der Waals surface area contributed by atoms with Gasteiger partial charge in [0.25, 0.3) is 0 Å². The van der Waals surface area contributed by atoms with E-state index < -0.39 is 6.09 Å². The number of carbonyl (C=O) groups is 2. The van der Waals surface area contributed by atoms with E-state index in [4.69, 9.17) is 21.4 Å². The third-order valence-corrected chi connectivity index (χ3v) is 7.60. The van der Waals surface area contributed by atoms with Gasteiger partial charge in [-0.3, -0.25) is 14.7 Å². The molecule has 2 atom stereocenters. The third-order valence-electron chi connectivity index (χ3n) is 6.10. The van der Waals surface area contributed by atoms with Crippen molar-refractivity contribution in [2.24, 2.45) is 5.10 Å². The molecule has 32 heavy (non-hydrogen) atoms. The molecule has 170 valence electrons. The number of anilines is 2. The Balaban J connectivity index is 1.16. The minimum Gasteiger partial charge on any atom is -0.442 e. The zero-order valence-corrected chi connectivity index (χ0v) is 19.4. The summed E-state index contributed by atoms with van der Waals surface area (Å²) in [6, 6.07) is 8.47. The number of nitrogens with zero attached hydrogens (tertiary/aromatic N) is 4. The summed E-state index contributed by atoms with van der Waals surface area (Å²) in [5.41, 5.74) is 1.77. The van der Waals surface area contributed by atoms with Gasteiger partial charge in [0.05, 0.1) is 34.9 Å². The van der Waals surface area contributed by atoms with Gasteiger partial charge in [0.15, 0.2) is 0 Å². The van der Waals surface area contributed by atoms with Crippen LogP contribution >= 0.6 is 23.4 Å². The van der Waals surface area contributed by atoms with E-state index in [0.29, 0.717) is 23.4 Å². The summed E-state index contributed by atoms with van der Waals surface area (Å²) < 4.78 is 6.10. The quantitative estimate of drug-likeness (QED) is 0.680. The van der Waals surface area contributed by atoms with E-state index in [2.05, 4.69) is 17.1 Å². The molecule has 1 unspecified atom stereocenters. The van der Waals surface area contributed by atoms with Crippen molar-refractivity contribution < 1.29 is 14.3 Å². The number of amidine groups is 1. The molecule has 1 saturated heterocycles. The van der Waals surface area contributed by atoms with Crippen molar-refractivity contribution in [2.45, 2.75) is 43.6 Å². The Bertz CT molecular complexity index is 965. The summed E-state index contributed by atoms with van der Waals surface area (Å²) in [6.45, 7) is 4.57. The second-order valence-corrected chi connectivity index (χ2v) is 10.3. The summed E-state index contributed by atoms with van der Waals surface area (Å²) in [6.07, 6.45) is 4.22. The summed E-state index contributed by atoms with van der Waals surface area (Å²) in [7, 11) is 0. The highest BCUT2D eigenvalue weighted by atomic mass is 35.5. The molecule has 3 aliphatic heterocycles. The van der Waals surface area contributed by atoms with Crippen LogP contribution in [0.15, 0.2) is 39.8 Å². The van der Waals surface area contributed by atoms with Gasteiger partial charge in [0.2, 0.25) is 5.91 Å². The van der Waals surface area contributed by atoms with E-state index in [1.165, 1.54) is 24.6 Å². The maximum absolute atomic E-state index is 12.4. The summed E-state index contributed by atoms with van der Waals surface area (Å²) in [5.74, 6) is 0.975. The maximum atomic E-state index is 12.4. The van der Waals surface area contributed by atoms with Crippen LogP contribution in [0.4, 0.5) is 16.2 Å². The molecule has 2 amide bonds. The molecule has 0 radical (unpaired) electrons. The number of carbonyl (C=O) groups excluding carboxylic acids is 2. The topological polar surface area (TPSA) is 77.5 Å². The second-order valence-electron chi connectivity index (χ2n) is 8.42. The van der Waals surface area contributed by atoms with Gasteiger partial charge in [-0.05, 0) is 50.5 Å². The van der Waals surface area contributed by atoms with Crippen LogP contribution in [0.3, 0.4) is 0 Å². The lowest BCUT2D eigenvalue weighted by Crippen LogP contribution is -2.43. The van der Waals surface area contributed by atoms with E-state index in [1.54, 1.807) is 4.90 Å². The molecule has 0 aromatic heterocycles. The predicted molar refractivity (Wildman–Crippen MR) is 127 cm³/mol. The molecule has 1 aliphatic carbocycles. The zero-order valence-electron chi connectivity index (χ0n) is 17.9. The van der Waals surface area contributed by atoms with Crippen LogP contribution in [0, 0.1) is 0 Å². The highest BCUT2D eigenvalue weighted by Gasteiger charge is 2.34. The Kier molecular flexibility index (Phi) is 5.94. The number of benzene rings is 1. The number of cyclic esters (lactones) is 1. The molecule has 3 heterocycles. The number of hydrogen-bond donors (Lipinski definition) is 1. The Hall–Kier alpha value is -2.39. The Morgan fingerprint density at radius 1 is 1.25 bits per heavy atom. The van der Waals surface area contributed by atoms with Gasteiger partial charge in [-0.15, -0.1) is 11.8 Å². The molecular weight excluding hydrogens is 450 g/mol. The first-order valence-electron chi connectivity index (χ1n) is 11.0. The molecule has 0 bridgehead atoms. The average molecular weight is 476 g/mol. The summed E-state index contributed by atoms with van der Waals surface area (Å²) in [5, 5.41) is 9.42. The van der Waals surface area contributed by atoms with Gasteiger partial charge < -0.3 is 15.0 Å². The fourth-order valence-electron chi connectivity index (χ4n) is 4.23. The number of hydrogen-bond acceptors (Lipinski definition) is 7. The number of allylic oxidation sites excluding steroid dienone is 1. The first-order chi connectivity index (χ1) is 15.5. The van der Waals surface area contributed by atoms with Gasteiger partial charge in [-0.1, -0.05) is 17.7 Å². The lowest BCUT2D eigenvalue weighted by molar-refractivity contribution is -0.120. The molecule has 0 spiro atoms. The van der Waals surface area contributed by atoms with Crippen molar-refractivity contribution in [3.05, 3.63) is 34.7 Å². The van der Waals surface area contributed by atoms with Crippen LogP contribution in [-0.4, -0.2) is 66.3 Å². The highest BCUT2D eigenvalue weighted by molar-refractivity contribution is 8.06. The number of rotatable bonds is 6. The minimum absolute atomic E-state index is 0.0848. The largest absolute Gasteiger partial charge is 0.442 e. The normalized spacial score (nSPS) is 25.6. The van der Waals surface area contributed by atoms with Crippen molar-refractivity contribution in [1.29, 1.82) is 0 Å². The zero-order chi connectivity index (χ0) is 22.2. The van der Waals surface area contributed by atoms with Crippen molar-refractivity contribution in [3.63, 3.8) is 0 Å². The highest BCUT2D eigenvalue weighted by Crippen LogP contribution is 2.35. The fraction of sp³-hybridized carbons (Fsp3) is 0.500. The number of hydrazone groups is 1. The second kappa shape index (κ2) is 8.86. The van der Waals surface area contributed by atoms with Crippen molar-refractivity contribution >= 4 is 52.6 Å². The van der Waals surface area contributed by atoms with Crippen LogP contribution in [0.1, 0.15) is 26.2 Å². The monoisotopic (exact) mass is 475 g/mol. The van der Waals surface area contributed by atoms with Gasteiger partial charge in [-0.25, -0.2) is 4.79 Å². The standard InChI is InChI=1S/C22H26ClN5O3S/c1-14-25-28(11-10-26(14)15-2-3-15)17-6-4-16(5-7-17)27-13-18(31-22(27)30)12-24-21(29)19-8-9-20(23)32-19/h4-7,9,15,18-19H,2-3,8,10-13H2,1H3,(H,24,29)/t18-,19?/m0/s1. The van der Waals surface area contributed by atoms with Crippen LogP contribution in [0.5, 0.6) is 0 Å². The summed E-state index contributed by atoms with van der Waals surface area (Å²) in [4.78, 5) is 28.6. The van der Waals surface area contributed by atoms with E-state index in [1.807, 2.05) is 35.4 Å². The molecule has 10 heteroatoms. The molecule has 4 aliphatic rings. The van der Waals surface area contributed by atoms with E-state index >= 15 is 0 Å². The van der Waals surface area contributed by atoms with Crippen molar-refractivity contribution in [3.8, 4) is 0 Å². The predicted octanol–water partition coefficient (Wildman–Crippen LogP) is 3.33. The van der Waals surface area contributed by atoms with Gasteiger partial charge in [0, 0.05) is 18.3 Å². The number of amides is 2. The van der Waals surface area contributed by atoms with E-state index in [9.17, 15) is 9.59 Å². The minimum atomic E-state index is -0.399. The number of halogens is 1. The van der Waals surface area contributed by atoms with Gasteiger partial charge in [-0.2, -0.15) is 5.10 Å². The third kappa shape index (κ3) is 4.54. The van der Waals surface area contributed by atoms with Crippen LogP contribution in [0.25, 0.3) is 0 Å². The SMILES string of the molecule is CC1=NN(c2ccc(N3C[C@H](CNC(=O)C4CC=C(Cl)S4)OC3=O)cc2)CCN1C1CC1. The number of ether oxygens (including phenoxy) is 1. The molecule has 2 fully saturated rings. The molecule has 5 rings (SSSR count). The molecule has 1 N–H and O–H groups in total. The first-order valence-corrected chi connectivity index (χ1v) is 12.2. The lowest BCUT2D eigenvalue weighted by Gasteiger charge is -2.33. The Morgan fingerprint density at radius 2 is 2.00 bits per heavy atom. The van der Waals surface area contributed by atoms with Crippen LogP contribution < -0.4 is 15.2 Å². The molecule has 1 saturated carbocycles. The lowest BCUT2D eigenvalue weighted by atomic mass is 10.2. The molecule has 1 aromatic carbocycles. The van der Waals surface area contributed by atoms with Crippen LogP contribution in [-0.2, 0) is 9.53 Å². The van der Waals surface area contributed by atoms with E-state index in [0.717, 1.165) is 30.3 Å². The fourth-order valence-corrected chi connectivity index (χ4v) is 5.49. The maximum Gasteiger partial charge on any atom is 0.414 e. The molecular formula is C22H26ClN5O3S. The van der Waals surface area contributed by atoms with Gasteiger partial charge in [0.1, 0.15) is 11.9 Å². The van der Waals surface area contributed by atoms with Crippen molar-refractivity contribution in [2.75, 3.05) is 36.1 Å². The Morgan fingerprint density at radius 3 is 2.66 bits per heavy atom. The molecule has 1 aromatic rings.